The van der Waals surface area contributed by atoms with Crippen molar-refractivity contribution in [2.75, 3.05) is 7.05 Å². The lowest BCUT2D eigenvalue weighted by Gasteiger charge is -2.05. The Hall–Kier alpha value is -0.120. The van der Waals surface area contributed by atoms with Gasteiger partial charge in [-0.05, 0) is 35.1 Å². The summed E-state index contributed by atoms with van der Waals surface area (Å²) in [6.45, 7) is 0.435. The lowest BCUT2D eigenvalue weighted by atomic mass is 10.2. The van der Waals surface area contributed by atoms with Gasteiger partial charge in [0.2, 0.25) is 0 Å². The van der Waals surface area contributed by atoms with E-state index in [1.807, 2.05) is 0 Å². The summed E-state index contributed by atoms with van der Waals surface area (Å²) in [5, 5.41) is 3.30. The molecule has 0 bridgehead atoms. The Morgan fingerprint density at radius 2 is 2.25 bits per heavy atom. The topological polar surface area (TPSA) is 12.0 Å². The maximum Gasteiger partial charge on any atom is 0.143 e. The predicted molar refractivity (Wildman–Crippen MR) is 51.9 cm³/mol. The molecule has 66 valence electrons. The van der Waals surface area contributed by atoms with Gasteiger partial charge in [0.1, 0.15) is 5.82 Å². The van der Waals surface area contributed by atoms with E-state index < -0.39 is 0 Å². The van der Waals surface area contributed by atoms with Crippen LogP contribution in [0.2, 0.25) is 5.02 Å². The second-order valence-electron chi connectivity index (χ2n) is 2.35. The molecule has 0 heterocycles. The Labute approximate surface area is 84.0 Å². The average molecular weight is 253 g/mol. The van der Waals surface area contributed by atoms with Crippen LogP contribution in [-0.2, 0) is 6.54 Å². The second kappa shape index (κ2) is 4.21. The maximum absolute atomic E-state index is 13.3. The average Bonchev–Trinajstić information content (AvgIpc) is 2.06. The van der Waals surface area contributed by atoms with Crippen LogP contribution in [0.3, 0.4) is 0 Å². The highest BCUT2D eigenvalue weighted by atomic mass is 79.9. The molecule has 0 aromatic heterocycles. The fraction of sp³-hybridized carbons (Fsp3) is 0.250. The van der Waals surface area contributed by atoms with Crippen molar-refractivity contribution in [3.63, 3.8) is 0 Å². The van der Waals surface area contributed by atoms with Crippen molar-refractivity contribution in [3.05, 3.63) is 33.0 Å². The highest BCUT2D eigenvalue weighted by Gasteiger charge is 2.09. The molecule has 0 aliphatic heterocycles. The van der Waals surface area contributed by atoms with Gasteiger partial charge in [-0.15, -0.1) is 0 Å². The van der Waals surface area contributed by atoms with Crippen molar-refractivity contribution < 1.29 is 4.39 Å². The summed E-state index contributed by atoms with van der Waals surface area (Å²) in [6, 6.07) is 3.26. The number of nitrogens with one attached hydrogen (secondary N) is 1. The van der Waals surface area contributed by atoms with E-state index in [-0.39, 0.29) is 5.82 Å². The Bertz CT molecular complexity index is 291. The quantitative estimate of drug-likeness (QED) is 0.798. The minimum absolute atomic E-state index is 0.295. The van der Waals surface area contributed by atoms with Crippen molar-refractivity contribution in [1.82, 2.24) is 5.32 Å². The van der Waals surface area contributed by atoms with Crippen LogP contribution < -0.4 is 5.32 Å². The SMILES string of the molecule is CNCc1c(Cl)ccc(Br)c1F. The van der Waals surface area contributed by atoms with Gasteiger partial charge >= 0.3 is 0 Å². The Morgan fingerprint density at radius 3 is 2.83 bits per heavy atom. The minimum atomic E-state index is -0.295. The summed E-state index contributed by atoms with van der Waals surface area (Å²) >= 11 is 8.87. The Morgan fingerprint density at radius 1 is 1.58 bits per heavy atom. The molecule has 0 radical (unpaired) electrons. The van der Waals surface area contributed by atoms with Gasteiger partial charge in [-0.3, -0.25) is 0 Å². The molecule has 0 saturated carbocycles. The van der Waals surface area contributed by atoms with Gasteiger partial charge in [0, 0.05) is 17.1 Å². The molecule has 0 unspecified atom stereocenters. The third-order valence-corrected chi connectivity index (χ3v) is 2.46. The van der Waals surface area contributed by atoms with Gasteiger partial charge in [-0.1, -0.05) is 11.6 Å². The molecule has 1 aromatic carbocycles. The zero-order valence-corrected chi connectivity index (χ0v) is 8.84. The van der Waals surface area contributed by atoms with E-state index in [1.165, 1.54) is 0 Å². The Balaban J connectivity index is 3.14. The molecule has 0 amide bonds. The summed E-state index contributed by atoms with van der Waals surface area (Å²) in [6.07, 6.45) is 0. The summed E-state index contributed by atoms with van der Waals surface area (Å²) < 4.78 is 13.7. The summed E-state index contributed by atoms with van der Waals surface area (Å²) in [4.78, 5) is 0. The number of benzene rings is 1. The summed E-state index contributed by atoms with van der Waals surface area (Å²) in [5.74, 6) is -0.295. The summed E-state index contributed by atoms with van der Waals surface area (Å²) in [7, 11) is 1.75. The van der Waals surface area contributed by atoms with Crippen molar-refractivity contribution in [3.8, 4) is 0 Å². The fourth-order valence-corrected chi connectivity index (χ4v) is 1.49. The maximum atomic E-state index is 13.3. The predicted octanol–water partition coefficient (Wildman–Crippen LogP) is 2.96. The molecule has 1 rings (SSSR count). The van der Waals surface area contributed by atoms with Gasteiger partial charge in [0.05, 0.1) is 4.47 Å². The molecule has 0 aliphatic rings. The van der Waals surface area contributed by atoms with Crippen LogP contribution in [0.1, 0.15) is 5.56 Å². The molecule has 0 spiro atoms. The number of hydrogen-bond donors (Lipinski definition) is 1. The molecule has 1 N–H and O–H groups in total. The molecule has 12 heavy (non-hydrogen) atoms. The van der Waals surface area contributed by atoms with Crippen molar-refractivity contribution in [1.29, 1.82) is 0 Å². The van der Waals surface area contributed by atoms with E-state index in [0.717, 1.165) is 0 Å². The van der Waals surface area contributed by atoms with E-state index in [9.17, 15) is 4.39 Å². The summed E-state index contributed by atoms with van der Waals surface area (Å²) in [5.41, 5.74) is 0.494. The normalized spacial score (nSPS) is 10.3. The zero-order chi connectivity index (χ0) is 9.14. The molecular weight excluding hydrogens is 244 g/mol. The van der Waals surface area contributed by atoms with Crippen LogP contribution in [0.25, 0.3) is 0 Å². The van der Waals surface area contributed by atoms with Crippen molar-refractivity contribution in [2.24, 2.45) is 0 Å². The lowest BCUT2D eigenvalue weighted by Crippen LogP contribution is -2.07. The van der Waals surface area contributed by atoms with E-state index in [4.69, 9.17) is 11.6 Å². The molecule has 0 fully saturated rings. The zero-order valence-electron chi connectivity index (χ0n) is 6.50. The van der Waals surface area contributed by atoms with Crippen molar-refractivity contribution >= 4 is 27.5 Å². The highest BCUT2D eigenvalue weighted by Crippen LogP contribution is 2.25. The van der Waals surface area contributed by atoms with E-state index in [0.29, 0.717) is 21.6 Å². The first-order valence-electron chi connectivity index (χ1n) is 3.43. The Kier molecular flexibility index (Phi) is 3.50. The first-order chi connectivity index (χ1) is 5.66. The van der Waals surface area contributed by atoms with Crippen LogP contribution in [0.4, 0.5) is 4.39 Å². The van der Waals surface area contributed by atoms with Crippen LogP contribution >= 0.6 is 27.5 Å². The molecule has 4 heteroatoms. The standard InChI is InChI=1S/C8H8BrClFN/c1-12-4-5-7(10)3-2-6(9)8(5)11/h2-3,12H,4H2,1H3. The lowest BCUT2D eigenvalue weighted by molar-refractivity contribution is 0.595. The molecule has 0 saturated heterocycles. The van der Waals surface area contributed by atoms with Gasteiger partial charge in [0.15, 0.2) is 0 Å². The number of halogens is 3. The van der Waals surface area contributed by atoms with Gasteiger partial charge < -0.3 is 5.32 Å². The van der Waals surface area contributed by atoms with Gasteiger partial charge in [-0.25, -0.2) is 4.39 Å². The molecule has 0 atom stereocenters. The molecule has 0 aliphatic carbocycles. The van der Waals surface area contributed by atoms with Crippen LogP contribution in [0.5, 0.6) is 0 Å². The van der Waals surface area contributed by atoms with E-state index in [2.05, 4.69) is 21.2 Å². The van der Waals surface area contributed by atoms with Crippen LogP contribution in [0.15, 0.2) is 16.6 Å². The molecule has 1 aromatic rings. The third kappa shape index (κ3) is 1.97. The smallest absolute Gasteiger partial charge is 0.143 e. The highest BCUT2D eigenvalue weighted by molar-refractivity contribution is 9.10. The van der Waals surface area contributed by atoms with Gasteiger partial charge in [0.25, 0.3) is 0 Å². The molecule has 1 nitrogen and oxygen atoms in total. The van der Waals surface area contributed by atoms with Gasteiger partial charge in [-0.2, -0.15) is 0 Å². The first kappa shape index (κ1) is 9.96. The molecular formula is C8H8BrClFN. The van der Waals surface area contributed by atoms with E-state index >= 15 is 0 Å². The monoisotopic (exact) mass is 251 g/mol. The van der Waals surface area contributed by atoms with Crippen LogP contribution in [-0.4, -0.2) is 7.05 Å². The first-order valence-corrected chi connectivity index (χ1v) is 4.61. The fourth-order valence-electron chi connectivity index (χ4n) is 0.908. The largest absolute Gasteiger partial charge is 0.316 e. The van der Waals surface area contributed by atoms with Crippen LogP contribution in [0, 0.1) is 5.82 Å². The van der Waals surface area contributed by atoms with Crippen molar-refractivity contribution in [2.45, 2.75) is 6.54 Å². The minimum Gasteiger partial charge on any atom is -0.316 e. The number of rotatable bonds is 2. The number of hydrogen-bond acceptors (Lipinski definition) is 1. The third-order valence-electron chi connectivity index (χ3n) is 1.49. The van der Waals surface area contributed by atoms with E-state index in [1.54, 1.807) is 19.2 Å². The second-order valence-corrected chi connectivity index (χ2v) is 3.61.